The lowest BCUT2D eigenvalue weighted by atomic mass is 9.94. The monoisotopic (exact) mass is 529 g/mol. The van der Waals surface area contributed by atoms with Crippen LogP contribution in [0.15, 0.2) is 60.9 Å². The number of rotatable bonds is 16. The van der Waals surface area contributed by atoms with E-state index in [9.17, 15) is 14.4 Å². The number of nitrogens with zero attached hydrogens (tertiary/aromatic N) is 2. The normalized spacial score (nSPS) is 10.9. The van der Waals surface area contributed by atoms with Crippen LogP contribution in [0.3, 0.4) is 0 Å². The fourth-order valence-electron chi connectivity index (χ4n) is 4.46. The molecule has 3 rings (SSSR count). The minimum atomic E-state index is -0.380. The van der Waals surface area contributed by atoms with Crippen LogP contribution in [0.1, 0.15) is 101 Å². The average molecular weight is 530 g/mol. The molecular formula is C32H39N3O4. The number of Topliss-reactive ketones (excluding diaryl/α,β-unsaturated/α-hetero) is 2. The molecule has 1 N–H and O–H groups in total. The largest absolute Gasteiger partial charge is 0.497 e. The lowest BCUT2D eigenvalue weighted by Crippen LogP contribution is -2.24. The quantitative estimate of drug-likeness (QED) is 0.170. The summed E-state index contributed by atoms with van der Waals surface area (Å²) in [7, 11) is 1.64. The number of aromatic nitrogens is 2. The third kappa shape index (κ3) is 9.43. The number of hydrogen-bond donors (Lipinski definition) is 1. The lowest BCUT2D eigenvalue weighted by Gasteiger charge is -2.11. The van der Waals surface area contributed by atoms with Crippen LogP contribution in [0.25, 0.3) is 0 Å². The molecule has 7 nitrogen and oxygen atoms in total. The van der Waals surface area contributed by atoms with Gasteiger partial charge in [0, 0.05) is 24.9 Å². The van der Waals surface area contributed by atoms with Gasteiger partial charge in [0.05, 0.1) is 7.11 Å². The molecule has 0 saturated heterocycles. The second kappa shape index (κ2) is 15.5. The number of ketones is 2. The number of amides is 1. The SMILES string of the molecule is CCC(CC)CCC(=O)c1ccc(CNC(=O)c2cc(C(=O)CCCCc3cccc(OC)c3)ncn2)cc1. The highest BCUT2D eigenvalue weighted by molar-refractivity contribution is 5.98. The van der Waals surface area contributed by atoms with Gasteiger partial charge in [-0.05, 0) is 60.9 Å². The molecule has 0 fully saturated rings. The predicted octanol–water partition coefficient (Wildman–Crippen LogP) is 6.41. The number of nitrogens with one attached hydrogen (secondary N) is 1. The number of aryl methyl sites for hydroxylation is 1. The van der Waals surface area contributed by atoms with Crippen LogP contribution in [0.2, 0.25) is 0 Å². The number of methoxy groups -OCH3 is 1. The molecule has 2 aromatic carbocycles. The van der Waals surface area contributed by atoms with Gasteiger partial charge in [-0.2, -0.15) is 0 Å². The number of carbonyl (C=O) groups excluding carboxylic acids is 3. The van der Waals surface area contributed by atoms with Crippen LogP contribution < -0.4 is 10.1 Å². The number of hydrogen-bond acceptors (Lipinski definition) is 6. The Morgan fingerprint density at radius 3 is 2.31 bits per heavy atom. The first-order chi connectivity index (χ1) is 18.9. The zero-order chi connectivity index (χ0) is 28.0. The molecule has 3 aromatic rings. The number of ether oxygens (including phenoxy) is 1. The highest BCUT2D eigenvalue weighted by Crippen LogP contribution is 2.18. The molecular weight excluding hydrogens is 490 g/mol. The molecule has 0 bridgehead atoms. The van der Waals surface area contributed by atoms with E-state index in [0.29, 0.717) is 30.9 Å². The van der Waals surface area contributed by atoms with Crippen molar-refractivity contribution in [1.29, 1.82) is 0 Å². The van der Waals surface area contributed by atoms with E-state index in [2.05, 4.69) is 29.1 Å². The predicted molar refractivity (Wildman–Crippen MR) is 152 cm³/mol. The van der Waals surface area contributed by atoms with Gasteiger partial charge in [0.2, 0.25) is 0 Å². The zero-order valence-corrected chi connectivity index (χ0v) is 23.2. The molecule has 7 heteroatoms. The molecule has 0 saturated carbocycles. The van der Waals surface area contributed by atoms with Gasteiger partial charge in [0.15, 0.2) is 11.6 Å². The van der Waals surface area contributed by atoms with Crippen molar-refractivity contribution in [1.82, 2.24) is 15.3 Å². The van der Waals surface area contributed by atoms with Crippen molar-refractivity contribution in [2.45, 2.75) is 71.8 Å². The van der Waals surface area contributed by atoms with Crippen molar-refractivity contribution >= 4 is 17.5 Å². The van der Waals surface area contributed by atoms with Crippen molar-refractivity contribution in [3.8, 4) is 5.75 Å². The molecule has 0 radical (unpaired) electrons. The van der Waals surface area contributed by atoms with Crippen molar-refractivity contribution in [2.24, 2.45) is 5.92 Å². The van der Waals surface area contributed by atoms with E-state index >= 15 is 0 Å². The summed E-state index contributed by atoms with van der Waals surface area (Å²) in [6.07, 6.45) is 7.69. The molecule has 0 aliphatic carbocycles. The van der Waals surface area contributed by atoms with E-state index in [-0.39, 0.29) is 28.9 Å². The fraction of sp³-hybridized carbons (Fsp3) is 0.406. The summed E-state index contributed by atoms with van der Waals surface area (Å²) in [5.74, 6) is 1.07. The van der Waals surface area contributed by atoms with Gasteiger partial charge in [-0.3, -0.25) is 14.4 Å². The summed E-state index contributed by atoms with van der Waals surface area (Å²) in [4.78, 5) is 45.9. The van der Waals surface area contributed by atoms with Gasteiger partial charge in [0.1, 0.15) is 23.5 Å². The van der Waals surface area contributed by atoms with Gasteiger partial charge >= 0.3 is 0 Å². The molecule has 206 valence electrons. The summed E-state index contributed by atoms with van der Waals surface area (Å²) in [6, 6.07) is 16.7. The van der Waals surface area contributed by atoms with Crippen LogP contribution in [-0.4, -0.2) is 34.6 Å². The Balaban J connectivity index is 1.45. The Kier molecular flexibility index (Phi) is 11.8. The smallest absolute Gasteiger partial charge is 0.270 e. The molecule has 0 unspecified atom stereocenters. The van der Waals surface area contributed by atoms with Crippen LogP contribution in [0.4, 0.5) is 0 Å². The van der Waals surface area contributed by atoms with Crippen molar-refractivity contribution in [3.05, 3.63) is 89.0 Å². The van der Waals surface area contributed by atoms with E-state index in [1.807, 2.05) is 48.5 Å². The summed E-state index contributed by atoms with van der Waals surface area (Å²) in [5.41, 5.74) is 3.13. The molecule has 39 heavy (non-hydrogen) atoms. The van der Waals surface area contributed by atoms with E-state index in [1.54, 1.807) is 7.11 Å². The topological polar surface area (TPSA) is 98.2 Å². The van der Waals surface area contributed by atoms with Crippen molar-refractivity contribution < 1.29 is 19.1 Å². The van der Waals surface area contributed by atoms with E-state index < -0.39 is 0 Å². The molecule has 0 atom stereocenters. The third-order valence-corrected chi connectivity index (χ3v) is 7.10. The summed E-state index contributed by atoms with van der Waals surface area (Å²) < 4.78 is 5.25. The molecule has 1 aromatic heterocycles. The number of unbranched alkanes of at least 4 members (excludes halogenated alkanes) is 1. The highest BCUT2D eigenvalue weighted by Gasteiger charge is 2.14. The van der Waals surface area contributed by atoms with Gasteiger partial charge in [-0.15, -0.1) is 0 Å². The van der Waals surface area contributed by atoms with Crippen molar-refractivity contribution in [2.75, 3.05) is 7.11 Å². The summed E-state index contributed by atoms with van der Waals surface area (Å²) >= 11 is 0. The van der Waals surface area contributed by atoms with Gasteiger partial charge in [-0.25, -0.2) is 9.97 Å². The Labute approximate surface area is 231 Å². The minimum absolute atomic E-state index is 0.110. The minimum Gasteiger partial charge on any atom is -0.497 e. The standard InChI is InChI=1S/C32H39N3O4/c1-4-23(5-2)15-18-30(36)26-16-13-25(14-17-26)21-33-32(38)29-20-28(34-22-35-29)31(37)12-7-6-9-24-10-8-11-27(19-24)39-3/h8,10-11,13-14,16-17,19-20,22-23H,4-7,9,12,15,18,21H2,1-3H3,(H,33,38). The average Bonchev–Trinajstić information content (AvgIpc) is 2.98. The highest BCUT2D eigenvalue weighted by atomic mass is 16.5. The maximum Gasteiger partial charge on any atom is 0.270 e. The third-order valence-electron chi connectivity index (χ3n) is 7.10. The maximum atomic E-state index is 12.7. The lowest BCUT2D eigenvalue weighted by molar-refractivity contribution is 0.0942. The zero-order valence-electron chi connectivity index (χ0n) is 23.2. The second-order valence-corrected chi connectivity index (χ2v) is 9.79. The second-order valence-electron chi connectivity index (χ2n) is 9.79. The Hall–Kier alpha value is -3.87. The molecule has 0 spiro atoms. The van der Waals surface area contributed by atoms with Crippen molar-refractivity contribution in [3.63, 3.8) is 0 Å². The molecule has 0 aliphatic heterocycles. The van der Waals surface area contributed by atoms with E-state index in [1.165, 1.54) is 18.0 Å². The van der Waals surface area contributed by atoms with Crippen LogP contribution in [0, 0.1) is 5.92 Å². The number of carbonyl (C=O) groups is 3. The molecule has 1 amide bonds. The van der Waals surface area contributed by atoms with E-state index in [0.717, 1.165) is 49.8 Å². The Morgan fingerprint density at radius 2 is 1.59 bits per heavy atom. The van der Waals surface area contributed by atoms with Gasteiger partial charge < -0.3 is 10.1 Å². The molecule has 1 heterocycles. The summed E-state index contributed by atoms with van der Waals surface area (Å²) in [6.45, 7) is 4.61. The Bertz CT molecular complexity index is 1240. The molecule has 0 aliphatic rings. The van der Waals surface area contributed by atoms with Crippen LogP contribution >= 0.6 is 0 Å². The van der Waals surface area contributed by atoms with Crippen LogP contribution in [0.5, 0.6) is 5.75 Å². The Morgan fingerprint density at radius 1 is 0.846 bits per heavy atom. The maximum absolute atomic E-state index is 12.7. The first-order valence-corrected chi connectivity index (χ1v) is 13.8. The summed E-state index contributed by atoms with van der Waals surface area (Å²) in [5, 5.41) is 2.83. The van der Waals surface area contributed by atoms with Gasteiger partial charge in [0.25, 0.3) is 5.91 Å². The van der Waals surface area contributed by atoms with E-state index in [4.69, 9.17) is 4.74 Å². The first kappa shape index (κ1) is 29.7. The fourth-order valence-corrected chi connectivity index (χ4v) is 4.46. The van der Waals surface area contributed by atoms with Crippen LogP contribution in [-0.2, 0) is 13.0 Å². The van der Waals surface area contributed by atoms with Gasteiger partial charge in [-0.1, -0.05) is 63.1 Å². The number of benzene rings is 2. The first-order valence-electron chi connectivity index (χ1n) is 13.8.